The molecule has 2 rings (SSSR count). The fraction of sp³-hybridized carbons (Fsp3) is 0.625. The summed E-state index contributed by atoms with van der Waals surface area (Å²) in [7, 11) is -3.45. The van der Waals surface area contributed by atoms with Gasteiger partial charge in [0, 0.05) is 18.3 Å². The highest BCUT2D eigenvalue weighted by Gasteiger charge is 2.33. The van der Waals surface area contributed by atoms with Crippen molar-refractivity contribution in [3.63, 3.8) is 0 Å². The van der Waals surface area contributed by atoms with E-state index in [4.69, 9.17) is 5.73 Å². The molecule has 1 aromatic carbocycles. The Hall–Kier alpha value is -1.07. The van der Waals surface area contributed by atoms with E-state index in [-0.39, 0.29) is 6.04 Å². The number of nitrogens with two attached hydrogens (primary N) is 1. The lowest BCUT2D eigenvalue weighted by Gasteiger charge is -2.33. The van der Waals surface area contributed by atoms with Gasteiger partial charge in [0.15, 0.2) is 0 Å². The number of nitrogen functional groups attached to an aromatic ring is 1. The Morgan fingerprint density at radius 2 is 1.67 bits per heavy atom. The summed E-state index contributed by atoms with van der Waals surface area (Å²) in [6.45, 7) is 6.10. The summed E-state index contributed by atoms with van der Waals surface area (Å²) in [6.07, 6.45) is 5.40. The van der Waals surface area contributed by atoms with E-state index in [1.807, 2.05) is 20.8 Å². The van der Waals surface area contributed by atoms with E-state index in [9.17, 15) is 8.42 Å². The normalized spacial score (nSPS) is 17.3. The molecule has 21 heavy (non-hydrogen) atoms. The Morgan fingerprint density at radius 3 is 2.14 bits per heavy atom. The van der Waals surface area contributed by atoms with Crippen molar-refractivity contribution in [2.75, 3.05) is 12.3 Å². The van der Waals surface area contributed by atoms with E-state index >= 15 is 0 Å². The summed E-state index contributed by atoms with van der Waals surface area (Å²) in [5.41, 5.74) is 7.91. The minimum atomic E-state index is -3.45. The third-order valence-electron chi connectivity index (χ3n) is 4.34. The van der Waals surface area contributed by atoms with Crippen LogP contribution < -0.4 is 5.73 Å². The lowest BCUT2D eigenvalue weighted by molar-refractivity contribution is 0.261. The number of sulfonamides is 1. The molecule has 0 unspecified atom stereocenters. The Morgan fingerprint density at radius 1 is 1.14 bits per heavy atom. The number of anilines is 1. The van der Waals surface area contributed by atoms with E-state index < -0.39 is 10.0 Å². The number of rotatable bonds is 4. The largest absolute Gasteiger partial charge is 0.399 e. The highest BCUT2D eigenvalue weighted by molar-refractivity contribution is 7.89. The van der Waals surface area contributed by atoms with Crippen LogP contribution in [-0.4, -0.2) is 25.3 Å². The van der Waals surface area contributed by atoms with Crippen LogP contribution in [0, 0.1) is 13.8 Å². The van der Waals surface area contributed by atoms with Crippen LogP contribution in [-0.2, 0) is 10.0 Å². The Labute approximate surface area is 128 Å². The third kappa shape index (κ3) is 3.24. The topological polar surface area (TPSA) is 63.4 Å². The summed E-state index contributed by atoms with van der Waals surface area (Å²) < 4.78 is 27.9. The second kappa shape index (κ2) is 6.36. The summed E-state index contributed by atoms with van der Waals surface area (Å²) in [6, 6.07) is 3.63. The molecule has 0 heterocycles. The average molecular weight is 310 g/mol. The molecule has 0 saturated heterocycles. The number of hydrogen-bond donors (Lipinski definition) is 1. The van der Waals surface area contributed by atoms with Gasteiger partial charge in [0.1, 0.15) is 0 Å². The van der Waals surface area contributed by atoms with Crippen LogP contribution in [0.25, 0.3) is 0 Å². The van der Waals surface area contributed by atoms with Crippen LogP contribution in [0.5, 0.6) is 0 Å². The quantitative estimate of drug-likeness (QED) is 0.868. The van der Waals surface area contributed by atoms with Crippen molar-refractivity contribution in [3.8, 4) is 0 Å². The zero-order chi connectivity index (χ0) is 15.6. The van der Waals surface area contributed by atoms with Crippen LogP contribution in [0.4, 0.5) is 5.69 Å². The smallest absolute Gasteiger partial charge is 0.243 e. The van der Waals surface area contributed by atoms with E-state index in [2.05, 4.69) is 0 Å². The van der Waals surface area contributed by atoms with Gasteiger partial charge in [-0.2, -0.15) is 4.31 Å². The van der Waals surface area contributed by atoms with Crippen LogP contribution in [0.15, 0.2) is 17.0 Å². The number of benzene rings is 1. The van der Waals surface area contributed by atoms with Crippen molar-refractivity contribution in [2.24, 2.45) is 0 Å². The van der Waals surface area contributed by atoms with Crippen molar-refractivity contribution in [3.05, 3.63) is 23.3 Å². The SMILES string of the molecule is CCN(C1CCCCC1)S(=O)(=O)c1c(C)cc(N)cc1C. The van der Waals surface area contributed by atoms with Gasteiger partial charge in [-0.1, -0.05) is 26.2 Å². The summed E-state index contributed by atoms with van der Waals surface area (Å²) in [5, 5.41) is 0. The highest BCUT2D eigenvalue weighted by Crippen LogP contribution is 2.31. The van der Waals surface area contributed by atoms with Gasteiger partial charge in [0.25, 0.3) is 0 Å². The maximum absolute atomic E-state index is 13.1. The maximum Gasteiger partial charge on any atom is 0.243 e. The van der Waals surface area contributed by atoms with Crippen molar-refractivity contribution in [1.82, 2.24) is 4.31 Å². The fourth-order valence-corrected chi connectivity index (χ4v) is 5.61. The number of hydrogen-bond acceptors (Lipinski definition) is 3. The van der Waals surface area contributed by atoms with Crippen molar-refractivity contribution < 1.29 is 8.42 Å². The molecule has 0 aromatic heterocycles. The Bertz CT molecular complexity index is 582. The van der Waals surface area contributed by atoms with Gasteiger partial charge >= 0.3 is 0 Å². The molecule has 0 bridgehead atoms. The van der Waals surface area contributed by atoms with Gasteiger partial charge in [-0.15, -0.1) is 0 Å². The fourth-order valence-electron chi connectivity index (χ4n) is 3.50. The van der Waals surface area contributed by atoms with Gasteiger partial charge < -0.3 is 5.73 Å². The van der Waals surface area contributed by atoms with Crippen molar-refractivity contribution in [1.29, 1.82) is 0 Å². The van der Waals surface area contributed by atoms with Gasteiger partial charge in [-0.05, 0) is 49.9 Å². The average Bonchev–Trinajstić information content (AvgIpc) is 2.38. The second-order valence-corrected chi connectivity index (χ2v) is 7.81. The summed E-state index contributed by atoms with van der Waals surface area (Å²) in [4.78, 5) is 0.434. The minimum absolute atomic E-state index is 0.144. The first-order chi connectivity index (χ1) is 9.87. The van der Waals surface area contributed by atoms with Gasteiger partial charge in [-0.3, -0.25) is 0 Å². The third-order valence-corrected chi connectivity index (χ3v) is 6.68. The molecule has 1 saturated carbocycles. The predicted octanol–water partition coefficient (Wildman–Crippen LogP) is 3.23. The standard InChI is InChI=1S/C16H26N2O2S/c1-4-18(15-8-6-5-7-9-15)21(19,20)16-12(2)10-14(17)11-13(16)3/h10-11,15H,4-9,17H2,1-3H3. The number of nitrogens with zero attached hydrogens (tertiary/aromatic N) is 1. The molecule has 0 radical (unpaired) electrons. The zero-order valence-electron chi connectivity index (χ0n) is 13.2. The molecular formula is C16H26N2O2S. The van der Waals surface area contributed by atoms with Crippen LogP contribution in [0.3, 0.4) is 0 Å². The van der Waals surface area contributed by atoms with E-state index in [1.165, 1.54) is 6.42 Å². The van der Waals surface area contributed by atoms with Crippen LogP contribution >= 0.6 is 0 Å². The van der Waals surface area contributed by atoms with Crippen molar-refractivity contribution in [2.45, 2.75) is 63.8 Å². The van der Waals surface area contributed by atoms with Gasteiger partial charge in [-0.25, -0.2) is 8.42 Å². The molecule has 5 heteroatoms. The summed E-state index contributed by atoms with van der Waals surface area (Å²) in [5.74, 6) is 0. The Kier molecular flexibility index (Phi) is 4.94. The maximum atomic E-state index is 13.1. The molecule has 1 aliphatic rings. The molecule has 0 aliphatic heterocycles. The summed E-state index contributed by atoms with van der Waals surface area (Å²) >= 11 is 0. The molecular weight excluding hydrogens is 284 g/mol. The van der Waals surface area contributed by atoms with E-state index in [0.29, 0.717) is 17.1 Å². The lowest BCUT2D eigenvalue weighted by atomic mass is 9.95. The van der Waals surface area contributed by atoms with Gasteiger partial charge in [0.2, 0.25) is 10.0 Å². The minimum Gasteiger partial charge on any atom is -0.399 e. The zero-order valence-corrected chi connectivity index (χ0v) is 14.0. The van der Waals surface area contributed by atoms with E-state index in [0.717, 1.165) is 36.8 Å². The highest BCUT2D eigenvalue weighted by atomic mass is 32.2. The molecule has 118 valence electrons. The predicted molar refractivity (Wildman–Crippen MR) is 86.8 cm³/mol. The first-order valence-electron chi connectivity index (χ1n) is 7.76. The molecule has 0 atom stereocenters. The molecule has 4 nitrogen and oxygen atoms in total. The molecule has 2 N–H and O–H groups in total. The molecule has 1 aliphatic carbocycles. The molecule has 0 spiro atoms. The number of aryl methyl sites for hydroxylation is 2. The van der Waals surface area contributed by atoms with Crippen molar-refractivity contribution >= 4 is 15.7 Å². The molecule has 1 fully saturated rings. The Balaban J connectivity index is 2.44. The first-order valence-corrected chi connectivity index (χ1v) is 9.20. The monoisotopic (exact) mass is 310 g/mol. The van der Waals surface area contributed by atoms with E-state index in [1.54, 1.807) is 16.4 Å². The lowest BCUT2D eigenvalue weighted by Crippen LogP contribution is -2.41. The van der Waals surface area contributed by atoms with Crippen LogP contribution in [0.2, 0.25) is 0 Å². The van der Waals surface area contributed by atoms with Gasteiger partial charge in [0.05, 0.1) is 4.90 Å². The molecule has 0 amide bonds. The van der Waals surface area contributed by atoms with Crippen LogP contribution in [0.1, 0.15) is 50.2 Å². The first kappa shape index (κ1) is 16.3. The molecule has 1 aromatic rings. The second-order valence-electron chi connectivity index (χ2n) is 5.98.